The van der Waals surface area contributed by atoms with Crippen molar-refractivity contribution in [2.24, 2.45) is 0 Å². The van der Waals surface area contributed by atoms with Crippen LogP contribution < -0.4 is 4.90 Å². The zero-order valence-electron chi connectivity index (χ0n) is 17.9. The fraction of sp³-hybridized carbons (Fsp3) is 0.0323. The number of hydrogen-bond acceptors (Lipinski definition) is 1. The van der Waals surface area contributed by atoms with E-state index in [9.17, 15) is 0 Å². The van der Waals surface area contributed by atoms with Crippen molar-refractivity contribution >= 4 is 33.0 Å². The Labute approximate surface area is 202 Å². The molecular formula is C31H20BrN. The van der Waals surface area contributed by atoms with E-state index in [0.29, 0.717) is 0 Å². The van der Waals surface area contributed by atoms with E-state index in [4.69, 9.17) is 0 Å². The number of hydrogen-bond donors (Lipinski definition) is 0. The average Bonchev–Trinajstić information content (AvgIpc) is 3.16. The van der Waals surface area contributed by atoms with Crippen molar-refractivity contribution in [3.8, 4) is 11.1 Å². The van der Waals surface area contributed by atoms with E-state index in [-0.39, 0.29) is 5.41 Å². The van der Waals surface area contributed by atoms with Crippen LogP contribution >= 0.6 is 15.9 Å². The van der Waals surface area contributed by atoms with Crippen molar-refractivity contribution in [1.29, 1.82) is 0 Å². The molecule has 0 fully saturated rings. The number of halogens is 1. The topological polar surface area (TPSA) is 3.24 Å². The summed E-state index contributed by atoms with van der Waals surface area (Å²) in [5, 5.41) is 0. The zero-order chi connectivity index (χ0) is 22.0. The minimum atomic E-state index is -0.344. The van der Waals surface area contributed by atoms with E-state index in [0.717, 1.165) is 10.2 Å². The summed E-state index contributed by atoms with van der Waals surface area (Å²) in [4.78, 5) is 2.41. The third-order valence-electron chi connectivity index (χ3n) is 7.12. The largest absolute Gasteiger partial charge is 0.310 e. The standard InChI is InChI=1S/C31H20BrN/c32-21-10-9-11-22(20-21)33-29-18-7-5-16-27(29)31(28-17-6-8-19-30(28)33)25-14-3-1-12-23(25)24-13-2-4-15-26(24)31/h1-20H. The van der Waals surface area contributed by atoms with Crippen molar-refractivity contribution in [3.63, 3.8) is 0 Å². The Bertz CT molecular complexity index is 1460. The summed E-state index contributed by atoms with van der Waals surface area (Å²) in [5.74, 6) is 0. The average molecular weight is 486 g/mol. The van der Waals surface area contributed by atoms with E-state index < -0.39 is 0 Å². The molecule has 5 aromatic carbocycles. The van der Waals surface area contributed by atoms with Gasteiger partial charge in [0.2, 0.25) is 0 Å². The Kier molecular flexibility index (Phi) is 3.97. The third kappa shape index (κ3) is 2.42. The van der Waals surface area contributed by atoms with Gasteiger partial charge in [0, 0.05) is 10.2 Å². The first-order chi connectivity index (χ1) is 16.3. The van der Waals surface area contributed by atoms with Gasteiger partial charge in [0.05, 0.1) is 16.8 Å². The Hall–Kier alpha value is -3.62. The van der Waals surface area contributed by atoms with Crippen LogP contribution in [-0.4, -0.2) is 0 Å². The number of nitrogens with zero attached hydrogens (tertiary/aromatic N) is 1. The highest BCUT2D eigenvalue weighted by molar-refractivity contribution is 9.10. The summed E-state index contributed by atoms with van der Waals surface area (Å²) >= 11 is 3.68. The molecule has 0 N–H and O–H groups in total. The smallest absolute Gasteiger partial charge is 0.0754 e. The van der Waals surface area contributed by atoms with Gasteiger partial charge >= 0.3 is 0 Å². The van der Waals surface area contributed by atoms with Gasteiger partial charge in [0.15, 0.2) is 0 Å². The molecule has 1 nitrogen and oxygen atoms in total. The molecule has 1 aliphatic heterocycles. The monoisotopic (exact) mass is 485 g/mol. The second kappa shape index (κ2) is 6.94. The van der Waals surface area contributed by atoms with Crippen molar-refractivity contribution < 1.29 is 0 Å². The van der Waals surface area contributed by atoms with E-state index >= 15 is 0 Å². The maximum Gasteiger partial charge on any atom is 0.0754 e. The lowest BCUT2D eigenvalue weighted by molar-refractivity contribution is 0.752. The Balaban J connectivity index is 1.66. The quantitative estimate of drug-likeness (QED) is 0.225. The fourth-order valence-electron chi connectivity index (χ4n) is 5.96. The summed E-state index contributed by atoms with van der Waals surface area (Å²) in [6.07, 6.45) is 0. The summed E-state index contributed by atoms with van der Waals surface area (Å²) in [6.45, 7) is 0. The van der Waals surface area contributed by atoms with Gasteiger partial charge in [-0.05, 0) is 63.7 Å². The first-order valence-corrected chi connectivity index (χ1v) is 12.0. The van der Waals surface area contributed by atoms with Crippen LogP contribution in [0.1, 0.15) is 22.3 Å². The minimum absolute atomic E-state index is 0.344. The lowest BCUT2D eigenvalue weighted by Gasteiger charge is -2.45. The van der Waals surface area contributed by atoms with E-state index in [1.165, 1.54) is 44.8 Å². The Morgan fingerprint density at radius 2 is 0.970 bits per heavy atom. The van der Waals surface area contributed by atoms with Crippen LogP contribution in [0.25, 0.3) is 11.1 Å². The van der Waals surface area contributed by atoms with Crippen molar-refractivity contribution in [2.75, 3.05) is 4.90 Å². The highest BCUT2D eigenvalue weighted by atomic mass is 79.9. The SMILES string of the molecule is Brc1cccc(N2c3ccccc3C3(c4ccccc4-c4ccccc43)c3ccccc32)c1. The van der Waals surface area contributed by atoms with Gasteiger partial charge in [-0.15, -0.1) is 0 Å². The molecule has 1 aliphatic carbocycles. The minimum Gasteiger partial charge on any atom is -0.310 e. The van der Waals surface area contributed by atoms with Gasteiger partial charge in [-0.1, -0.05) is 107 Å². The molecule has 0 radical (unpaired) electrons. The molecule has 7 rings (SSSR count). The molecule has 0 atom stereocenters. The van der Waals surface area contributed by atoms with Crippen LogP contribution in [0.3, 0.4) is 0 Å². The van der Waals surface area contributed by atoms with Crippen LogP contribution in [-0.2, 0) is 5.41 Å². The molecule has 0 saturated heterocycles. The van der Waals surface area contributed by atoms with Gasteiger partial charge in [0.1, 0.15) is 0 Å². The molecule has 33 heavy (non-hydrogen) atoms. The molecule has 0 aromatic heterocycles. The number of rotatable bonds is 1. The maximum absolute atomic E-state index is 3.68. The van der Waals surface area contributed by atoms with Crippen LogP contribution in [0.5, 0.6) is 0 Å². The van der Waals surface area contributed by atoms with Crippen LogP contribution in [0.2, 0.25) is 0 Å². The predicted octanol–water partition coefficient (Wildman–Crippen LogP) is 8.60. The maximum atomic E-state index is 3.68. The first-order valence-electron chi connectivity index (χ1n) is 11.2. The van der Waals surface area contributed by atoms with Crippen molar-refractivity contribution in [2.45, 2.75) is 5.41 Å². The van der Waals surface area contributed by atoms with Crippen LogP contribution in [0, 0.1) is 0 Å². The third-order valence-corrected chi connectivity index (χ3v) is 7.61. The molecule has 2 aliphatic rings. The zero-order valence-corrected chi connectivity index (χ0v) is 19.5. The molecule has 0 unspecified atom stereocenters. The van der Waals surface area contributed by atoms with E-state index in [1.54, 1.807) is 0 Å². The molecule has 1 heterocycles. The van der Waals surface area contributed by atoms with Crippen LogP contribution in [0.4, 0.5) is 17.1 Å². The Morgan fingerprint density at radius 3 is 1.52 bits per heavy atom. The van der Waals surface area contributed by atoms with Crippen LogP contribution in [0.15, 0.2) is 126 Å². The van der Waals surface area contributed by atoms with Gasteiger partial charge in [-0.25, -0.2) is 0 Å². The summed E-state index contributed by atoms with van der Waals surface area (Å²) < 4.78 is 1.08. The number of para-hydroxylation sites is 2. The molecule has 2 heteroatoms. The van der Waals surface area contributed by atoms with Crippen molar-refractivity contribution in [3.05, 3.63) is 148 Å². The molecule has 156 valence electrons. The fourth-order valence-corrected chi connectivity index (χ4v) is 6.34. The number of fused-ring (bicyclic) bond motifs is 9. The highest BCUT2D eigenvalue weighted by Crippen LogP contribution is 2.63. The number of benzene rings is 5. The molecule has 5 aromatic rings. The van der Waals surface area contributed by atoms with Gasteiger partial charge in [-0.2, -0.15) is 0 Å². The summed E-state index contributed by atoms with van der Waals surface area (Å²) in [5.41, 5.74) is 11.3. The number of anilines is 3. The second-order valence-corrected chi connectivity index (χ2v) is 9.61. The van der Waals surface area contributed by atoms with Gasteiger partial charge in [0.25, 0.3) is 0 Å². The van der Waals surface area contributed by atoms with Gasteiger partial charge < -0.3 is 4.90 Å². The molecular weight excluding hydrogens is 466 g/mol. The summed E-state index contributed by atoms with van der Waals surface area (Å²) in [6, 6.07) is 44.2. The summed E-state index contributed by atoms with van der Waals surface area (Å²) in [7, 11) is 0. The second-order valence-electron chi connectivity index (χ2n) is 8.69. The van der Waals surface area contributed by atoms with E-state index in [1.807, 2.05) is 0 Å². The normalized spacial score (nSPS) is 14.4. The molecule has 1 spiro atoms. The first kappa shape index (κ1) is 18.9. The highest BCUT2D eigenvalue weighted by Gasteiger charge is 2.51. The predicted molar refractivity (Wildman–Crippen MR) is 140 cm³/mol. The van der Waals surface area contributed by atoms with Gasteiger partial charge in [-0.3, -0.25) is 0 Å². The van der Waals surface area contributed by atoms with E-state index in [2.05, 4.69) is 142 Å². The molecule has 0 saturated carbocycles. The Morgan fingerprint density at radius 1 is 0.485 bits per heavy atom. The van der Waals surface area contributed by atoms with Crippen molar-refractivity contribution in [1.82, 2.24) is 0 Å². The lowest BCUT2D eigenvalue weighted by Crippen LogP contribution is -2.36. The molecule has 0 amide bonds. The lowest BCUT2D eigenvalue weighted by atomic mass is 9.64. The molecule has 0 bridgehead atoms.